The van der Waals surface area contributed by atoms with Gasteiger partial charge < -0.3 is 20.3 Å². The number of nitrogens with zero attached hydrogens (tertiary/aromatic N) is 2. The van der Waals surface area contributed by atoms with Crippen LogP contribution in [-0.4, -0.2) is 88.2 Å². The molecule has 3 fully saturated rings. The average Bonchev–Trinajstić information content (AvgIpc) is 3.16. The number of hydrogen-bond donors (Lipinski definition) is 3. The van der Waals surface area contributed by atoms with E-state index < -0.39 is 24.3 Å². The summed E-state index contributed by atoms with van der Waals surface area (Å²) in [6.07, 6.45) is -0.611. The van der Waals surface area contributed by atoms with Gasteiger partial charge in [0.2, 0.25) is 0 Å². The van der Waals surface area contributed by atoms with Gasteiger partial charge in [0.25, 0.3) is 5.91 Å². The molecule has 4 rings (SSSR count). The lowest BCUT2D eigenvalue weighted by atomic mass is 9.76. The number of pyridine rings is 1. The van der Waals surface area contributed by atoms with E-state index in [2.05, 4.69) is 15.2 Å². The van der Waals surface area contributed by atoms with Crippen molar-refractivity contribution in [2.24, 2.45) is 5.92 Å². The largest absolute Gasteiger partial charge is 0.490 e. The minimum atomic E-state index is -5.08. The van der Waals surface area contributed by atoms with Crippen LogP contribution in [0.4, 0.5) is 26.3 Å². The zero-order valence-corrected chi connectivity index (χ0v) is 19.5. The van der Waals surface area contributed by atoms with E-state index in [-0.39, 0.29) is 11.5 Å². The summed E-state index contributed by atoms with van der Waals surface area (Å²) in [5, 5.41) is 17.3. The van der Waals surface area contributed by atoms with Crippen LogP contribution >= 0.6 is 0 Å². The third-order valence-corrected chi connectivity index (χ3v) is 6.34. The van der Waals surface area contributed by atoms with E-state index in [1.165, 1.54) is 19.3 Å². The van der Waals surface area contributed by atoms with E-state index in [1.807, 2.05) is 0 Å². The number of carboxylic acid groups (broad SMARTS) is 2. The summed E-state index contributed by atoms with van der Waals surface area (Å²) in [7, 11) is 0. The number of likely N-dealkylation sites (tertiary alicyclic amines) is 1. The average molecular weight is 543 g/mol. The van der Waals surface area contributed by atoms with Crippen molar-refractivity contribution in [3.8, 4) is 0 Å². The Morgan fingerprint density at radius 3 is 1.95 bits per heavy atom. The molecule has 3 N–H and O–H groups in total. The molecule has 1 amide bonds. The van der Waals surface area contributed by atoms with E-state index >= 15 is 0 Å². The van der Waals surface area contributed by atoms with Gasteiger partial charge in [-0.3, -0.25) is 14.7 Å². The predicted molar refractivity (Wildman–Crippen MR) is 115 cm³/mol. The molecule has 0 aromatic carbocycles. The smallest absolute Gasteiger partial charge is 0.475 e. The standard InChI is InChI=1S/C18H25N3O2.2C2HF3O2/c22-17(14-4-8-19-9-5-14)20-10-6-15-7-11-23-18(15)12-21(13-18)16-2-1-3-16;2*3-2(4,5)1(6)7/h4-5,8-9,15-16H,1-3,6-7,10-13H2,(H,20,22);2*(H,6,7). The highest BCUT2D eigenvalue weighted by Crippen LogP contribution is 2.44. The molecule has 2 saturated heterocycles. The fourth-order valence-corrected chi connectivity index (χ4v) is 4.16. The van der Waals surface area contributed by atoms with Gasteiger partial charge in [0.05, 0.1) is 5.60 Å². The molecule has 2 aliphatic heterocycles. The fourth-order valence-electron chi connectivity index (χ4n) is 4.16. The number of hydrogen-bond acceptors (Lipinski definition) is 6. The van der Waals surface area contributed by atoms with Crippen molar-refractivity contribution in [2.75, 3.05) is 26.2 Å². The molecule has 1 aromatic heterocycles. The Kier molecular flexibility index (Phi) is 10.3. The highest BCUT2D eigenvalue weighted by atomic mass is 19.4. The lowest BCUT2D eigenvalue weighted by Crippen LogP contribution is -2.68. The first-order chi connectivity index (χ1) is 17.2. The lowest BCUT2D eigenvalue weighted by Gasteiger charge is -2.55. The summed E-state index contributed by atoms with van der Waals surface area (Å²) < 4.78 is 69.6. The molecule has 37 heavy (non-hydrogen) atoms. The second-order valence-electron chi connectivity index (χ2n) is 8.77. The molecule has 1 aromatic rings. The summed E-state index contributed by atoms with van der Waals surface area (Å²) in [5.41, 5.74) is 0.758. The molecule has 1 spiro atoms. The molecular weight excluding hydrogens is 516 g/mol. The number of carboxylic acids is 2. The van der Waals surface area contributed by atoms with Crippen LogP contribution in [-0.2, 0) is 14.3 Å². The summed E-state index contributed by atoms with van der Waals surface area (Å²) in [5.74, 6) is -4.94. The minimum absolute atomic E-state index is 0.00920. The molecular formula is C22H27F6N3O6. The molecule has 1 atom stereocenters. The van der Waals surface area contributed by atoms with Crippen LogP contribution in [0.15, 0.2) is 24.5 Å². The number of carbonyl (C=O) groups excluding carboxylic acids is 1. The van der Waals surface area contributed by atoms with Crippen LogP contribution in [0.5, 0.6) is 0 Å². The molecule has 9 nitrogen and oxygen atoms in total. The number of nitrogens with one attached hydrogen (secondary N) is 1. The van der Waals surface area contributed by atoms with Crippen LogP contribution in [0, 0.1) is 5.92 Å². The zero-order chi connectivity index (χ0) is 27.9. The molecule has 15 heteroatoms. The van der Waals surface area contributed by atoms with Gasteiger partial charge in [-0.15, -0.1) is 0 Å². The maximum absolute atomic E-state index is 12.1. The monoisotopic (exact) mass is 543 g/mol. The lowest BCUT2D eigenvalue weighted by molar-refractivity contribution is -0.193. The number of aliphatic carboxylic acids is 2. The van der Waals surface area contributed by atoms with Crippen molar-refractivity contribution in [1.82, 2.24) is 15.2 Å². The second-order valence-corrected chi connectivity index (χ2v) is 8.77. The first kappa shape index (κ1) is 30.3. The maximum atomic E-state index is 12.1. The van der Waals surface area contributed by atoms with Crippen LogP contribution in [0.1, 0.15) is 42.5 Å². The van der Waals surface area contributed by atoms with Crippen LogP contribution in [0.2, 0.25) is 0 Å². The maximum Gasteiger partial charge on any atom is 0.490 e. The number of ether oxygens (including phenoxy) is 1. The highest BCUT2D eigenvalue weighted by Gasteiger charge is 2.54. The van der Waals surface area contributed by atoms with Gasteiger partial charge in [-0.2, -0.15) is 26.3 Å². The first-order valence-electron chi connectivity index (χ1n) is 11.3. The van der Waals surface area contributed by atoms with Gasteiger partial charge >= 0.3 is 24.3 Å². The second kappa shape index (κ2) is 12.5. The summed E-state index contributed by atoms with van der Waals surface area (Å²) in [4.78, 5) is 36.4. The van der Waals surface area contributed by atoms with E-state index in [4.69, 9.17) is 24.5 Å². The molecule has 1 unspecified atom stereocenters. The third-order valence-electron chi connectivity index (χ3n) is 6.34. The van der Waals surface area contributed by atoms with Crippen molar-refractivity contribution in [1.29, 1.82) is 0 Å². The molecule has 3 aliphatic rings. The van der Waals surface area contributed by atoms with Crippen LogP contribution in [0.3, 0.4) is 0 Å². The van der Waals surface area contributed by atoms with Gasteiger partial charge in [0, 0.05) is 50.2 Å². The van der Waals surface area contributed by atoms with Crippen molar-refractivity contribution in [2.45, 2.75) is 56.1 Å². The topological polar surface area (TPSA) is 129 Å². The summed E-state index contributed by atoms with van der Waals surface area (Å²) in [6.45, 7) is 3.79. The van der Waals surface area contributed by atoms with E-state index in [0.717, 1.165) is 45.1 Å². The van der Waals surface area contributed by atoms with E-state index in [0.29, 0.717) is 11.5 Å². The van der Waals surface area contributed by atoms with Crippen molar-refractivity contribution in [3.05, 3.63) is 30.1 Å². The molecule has 1 aliphatic carbocycles. The Morgan fingerprint density at radius 1 is 1.00 bits per heavy atom. The number of amides is 1. The zero-order valence-electron chi connectivity index (χ0n) is 19.5. The Hall–Kier alpha value is -2.94. The van der Waals surface area contributed by atoms with Gasteiger partial charge in [-0.25, -0.2) is 9.59 Å². The highest BCUT2D eigenvalue weighted by molar-refractivity contribution is 5.93. The number of carbonyl (C=O) groups is 3. The first-order valence-corrected chi connectivity index (χ1v) is 11.3. The van der Waals surface area contributed by atoms with Gasteiger partial charge in [0.1, 0.15) is 0 Å². The number of aromatic nitrogens is 1. The summed E-state index contributed by atoms with van der Waals surface area (Å²) in [6, 6.07) is 4.31. The minimum Gasteiger partial charge on any atom is -0.475 e. The molecule has 0 radical (unpaired) electrons. The Labute approximate surface area is 207 Å². The third kappa shape index (κ3) is 8.84. The van der Waals surface area contributed by atoms with Gasteiger partial charge in [0.15, 0.2) is 0 Å². The van der Waals surface area contributed by atoms with Crippen molar-refractivity contribution in [3.63, 3.8) is 0 Å². The molecule has 0 bridgehead atoms. The molecule has 3 heterocycles. The quantitative estimate of drug-likeness (QED) is 0.484. The fraction of sp³-hybridized carbons (Fsp3) is 0.636. The summed E-state index contributed by atoms with van der Waals surface area (Å²) >= 11 is 0. The Bertz CT molecular complexity index is 894. The SMILES string of the molecule is O=C(NCCC1CCOC12CN(C1CCC1)C2)c1ccncc1.O=C(O)C(F)(F)F.O=C(O)C(F)(F)F. The van der Waals surface area contributed by atoms with Crippen LogP contribution < -0.4 is 5.32 Å². The van der Waals surface area contributed by atoms with Crippen molar-refractivity contribution >= 4 is 17.8 Å². The normalized spacial score (nSPS) is 20.9. The number of rotatable bonds is 5. The van der Waals surface area contributed by atoms with E-state index in [9.17, 15) is 31.1 Å². The van der Waals surface area contributed by atoms with Crippen LogP contribution in [0.25, 0.3) is 0 Å². The van der Waals surface area contributed by atoms with Gasteiger partial charge in [-0.05, 0) is 43.7 Å². The number of alkyl halides is 6. The predicted octanol–water partition coefficient (Wildman–Crippen LogP) is 3.11. The number of halogens is 6. The van der Waals surface area contributed by atoms with E-state index in [1.54, 1.807) is 24.5 Å². The Morgan fingerprint density at radius 2 is 1.51 bits per heavy atom. The van der Waals surface area contributed by atoms with Crippen molar-refractivity contribution < 1.29 is 55.7 Å². The van der Waals surface area contributed by atoms with Gasteiger partial charge in [-0.1, -0.05) is 6.42 Å². The Balaban J connectivity index is 0.000000286. The molecule has 208 valence electrons. The molecule has 1 saturated carbocycles.